The third kappa shape index (κ3) is 4.59. The maximum Gasteiger partial charge on any atom is 0.227 e. The number of rotatable bonds is 4. The molecule has 0 saturated heterocycles. The number of oxazole rings is 1. The van der Waals surface area contributed by atoms with Crippen LogP contribution in [0, 0.1) is 0 Å². The number of hydrogen-bond donors (Lipinski definition) is 0. The second kappa shape index (κ2) is 10.1. The van der Waals surface area contributed by atoms with Crippen molar-refractivity contribution in [3.63, 3.8) is 0 Å². The van der Waals surface area contributed by atoms with Crippen LogP contribution in [0.5, 0.6) is 0 Å². The third-order valence-electron chi connectivity index (χ3n) is 8.80. The number of aromatic nitrogens is 2. The van der Waals surface area contributed by atoms with Crippen molar-refractivity contribution >= 4 is 43.4 Å². The highest BCUT2D eigenvalue weighted by Crippen LogP contribution is 2.43. The summed E-state index contributed by atoms with van der Waals surface area (Å²) in [6.07, 6.45) is 1.97. The number of nitrogens with zero attached hydrogens (tertiary/aromatic N) is 2. The van der Waals surface area contributed by atoms with Crippen molar-refractivity contribution in [2.45, 2.75) is 65.7 Å². The molecule has 3 nitrogen and oxygen atoms in total. The molecule has 43 heavy (non-hydrogen) atoms. The van der Waals surface area contributed by atoms with E-state index < -0.39 is 0 Å². The Kier molecular flexibility index (Phi) is 6.39. The molecule has 0 amide bonds. The second-order valence-corrected chi connectivity index (χ2v) is 13.5. The molecule has 7 aromatic rings. The van der Waals surface area contributed by atoms with Gasteiger partial charge in [0.1, 0.15) is 5.52 Å². The van der Waals surface area contributed by atoms with E-state index in [-0.39, 0.29) is 5.41 Å². The maximum absolute atomic E-state index is 6.27. The topological polar surface area (TPSA) is 38.9 Å². The molecule has 0 aliphatic rings. The van der Waals surface area contributed by atoms with Crippen LogP contribution < -0.4 is 0 Å². The van der Waals surface area contributed by atoms with E-state index in [4.69, 9.17) is 14.4 Å². The molecule has 2 heterocycles. The zero-order chi connectivity index (χ0) is 30.0. The van der Waals surface area contributed by atoms with Gasteiger partial charge in [0.2, 0.25) is 5.89 Å². The lowest BCUT2D eigenvalue weighted by molar-refractivity contribution is 0.584. The van der Waals surface area contributed by atoms with Gasteiger partial charge in [0.25, 0.3) is 0 Å². The summed E-state index contributed by atoms with van der Waals surface area (Å²) >= 11 is 0. The third-order valence-corrected chi connectivity index (χ3v) is 8.80. The van der Waals surface area contributed by atoms with Crippen LogP contribution >= 0.6 is 0 Å². The first-order valence-corrected chi connectivity index (χ1v) is 15.4. The van der Waals surface area contributed by atoms with Crippen LogP contribution in [-0.2, 0) is 5.41 Å². The molecule has 5 aromatic carbocycles. The van der Waals surface area contributed by atoms with Gasteiger partial charge in [-0.15, -0.1) is 0 Å². The molecular formula is C40H38N2O. The van der Waals surface area contributed by atoms with Crippen LogP contribution in [0.2, 0.25) is 0 Å². The number of fused-ring (bicyclic) bond motifs is 6. The standard InChI is InChI=1S/C40H38N2O/c1-23(2)25-20-26(24(3)4)22-27(21-25)38-33-16-13-28-29(31(33)18-19-41-38)12-15-32-30(28)14-17-34(37(32)40(5,6)7)39-42-35-10-8-9-11-36(35)43-39/h8-24H,1-7H3. The maximum atomic E-state index is 6.27. The Morgan fingerprint density at radius 2 is 1.21 bits per heavy atom. The number of hydrogen-bond acceptors (Lipinski definition) is 3. The zero-order valence-electron chi connectivity index (χ0n) is 26.1. The van der Waals surface area contributed by atoms with Crippen LogP contribution in [0.25, 0.3) is 66.1 Å². The summed E-state index contributed by atoms with van der Waals surface area (Å²) in [5, 5.41) is 7.38. The summed E-state index contributed by atoms with van der Waals surface area (Å²) in [6, 6.07) is 30.7. The molecule has 0 radical (unpaired) electrons. The summed E-state index contributed by atoms with van der Waals surface area (Å²) in [4.78, 5) is 9.81. The molecule has 0 bridgehead atoms. The fraction of sp³-hybridized carbons (Fsp3) is 0.250. The number of benzene rings is 5. The first-order chi connectivity index (χ1) is 20.6. The van der Waals surface area contributed by atoms with Crippen LogP contribution in [0.15, 0.2) is 95.5 Å². The molecule has 214 valence electrons. The normalized spacial score (nSPS) is 12.5. The summed E-state index contributed by atoms with van der Waals surface area (Å²) in [7, 11) is 0. The molecule has 0 aliphatic heterocycles. The Labute approximate surface area is 253 Å². The Morgan fingerprint density at radius 1 is 0.628 bits per heavy atom. The summed E-state index contributed by atoms with van der Waals surface area (Å²) in [5.74, 6) is 1.58. The predicted molar refractivity (Wildman–Crippen MR) is 182 cm³/mol. The van der Waals surface area contributed by atoms with Gasteiger partial charge in [-0.25, -0.2) is 4.98 Å². The van der Waals surface area contributed by atoms with Crippen LogP contribution in [0.4, 0.5) is 0 Å². The molecule has 0 unspecified atom stereocenters. The van der Waals surface area contributed by atoms with E-state index in [1.807, 2.05) is 30.5 Å². The van der Waals surface area contributed by atoms with E-state index >= 15 is 0 Å². The lowest BCUT2D eigenvalue weighted by atomic mass is 9.79. The molecule has 0 fully saturated rings. The molecule has 0 saturated carbocycles. The quantitative estimate of drug-likeness (QED) is 0.200. The zero-order valence-corrected chi connectivity index (χ0v) is 26.1. The van der Waals surface area contributed by atoms with Gasteiger partial charge in [0, 0.05) is 22.7 Å². The highest BCUT2D eigenvalue weighted by Gasteiger charge is 2.25. The Morgan fingerprint density at radius 3 is 1.86 bits per heavy atom. The van der Waals surface area contributed by atoms with Crippen molar-refractivity contribution in [1.29, 1.82) is 0 Å². The van der Waals surface area contributed by atoms with Crippen LogP contribution in [0.1, 0.15) is 77.0 Å². The van der Waals surface area contributed by atoms with Crippen molar-refractivity contribution in [1.82, 2.24) is 9.97 Å². The number of pyridine rings is 1. The molecule has 0 spiro atoms. The van der Waals surface area contributed by atoms with Gasteiger partial charge in [0.15, 0.2) is 5.58 Å². The van der Waals surface area contributed by atoms with Gasteiger partial charge in [-0.05, 0) is 97.3 Å². The minimum atomic E-state index is -0.118. The van der Waals surface area contributed by atoms with E-state index in [0.717, 1.165) is 22.4 Å². The van der Waals surface area contributed by atoms with E-state index in [9.17, 15) is 0 Å². The smallest absolute Gasteiger partial charge is 0.227 e. The van der Waals surface area contributed by atoms with Crippen molar-refractivity contribution in [2.24, 2.45) is 0 Å². The molecule has 0 N–H and O–H groups in total. The highest BCUT2D eigenvalue weighted by molar-refractivity contribution is 6.19. The highest BCUT2D eigenvalue weighted by atomic mass is 16.3. The largest absolute Gasteiger partial charge is 0.436 e. The minimum absolute atomic E-state index is 0.118. The summed E-state index contributed by atoms with van der Waals surface area (Å²) in [5.41, 5.74) is 8.83. The van der Waals surface area contributed by atoms with Crippen molar-refractivity contribution in [3.8, 4) is 22.7 Å². The van der Waals surface area contributed by atoms with Gasteiger partial charge in [-0.1, -0.05) is 97.0 Å². The van der Waals surface area contributed by atoms with Crippen molar-refractivity contribution in [3.05, 3.63) is 108 Å². The van der Waals surface area contributed by atoms with Gasteiger partial charge < -0.3 is 4.42 Å². The predicted octanol–water partition coefficient (Wildman–Crippen LogP) is 11.6. The van der Waals surface area contributed by atoms with Crippen molar-refractivity contribution in [2.75, 3.05) is 0 Å². The lowest BCUT2D eigenvalue weighted by Gasteiger charge is -2.25. The average Bonchev–Trinajstić information content (AvgIpc) is 3.43. The molecular weight excluding hydrogens is 524 g/mol. The number of para-hydroxylation sites is 2. The van der Waals surface area contributed by atoms with Gasteiger partial charge >= 0.3 is 0 Å². The van der Waals surface area contributed by atoms with E-state index in [1.165, 1.54) is 54.6 Å². The van der Waals surface area contributed by atoms with Gasteiger partial charge in [-0.3, -0.25) is 4.98 Å². The van der Waals surface area contributed by atoms with Crippen LogP contribution in [-0.4, -0.2) is 9.97 Å². The Balaban J connectivity index is 1.46. The summed E-state index contributed by atoms with van der Waals surface area (Å²) in [6.45, 7) is 15.9. The van der Waals surface area contributed by atoms with E-state index in [2.05, 4.69) is 109 Å². The van der Waals surface area contributed by atoms with Crippen molar-refractivity contribution < 1.29 is 4.42 Å². The lowest BCUT2D eigenvalue weighted by Crippen LogP contribution is -2.13. The minimum Gasteiger partial charge on any atom is -0.436 e. The molecule has 3 heteroatoms. The fourth-order valence-corrected chi connectivity index (χ4v) is 6.57. The molecule has 2 aromatic heterocycles. The molecule has 0 aliphatic carbocycles. The Hall–Kier alpha value is -4.50. The second-order valence-electron chi connectivity index (χ2n) is 13.5. The van der Waals surface area contributed by atoms with Crippen LogP contribution in [0.3, 0.4) is 0 Å². The fourth-order valence-electron chi connectivity index (χ4n) is 6.57. The first kappa shape index (κ1) is 27.3. The van der Waals surface area contributed by atoms with E-state index in [0.29, 0.717) is 17.7 Å². The first-order valence-electron chi connectivity index (χ1n) is 15.4. The van der Waals surface area contributed by atoms with Gasteiger partial charge in [0.05, 0.1) is 5.69 Å². The Bertz CT molecular complexity index is 2120. The van der Waals surface area contributed by atoms with E-state index in [1.54, 1.807) is 0 Å². The summed E-state index contributed by atoms with van der Waals surface area (Å²) < 4.78 is 6.27. The average molecular weight is 563 g/mol. The SMILES string of the molecule is CC(C)c1cc(-c2nccc3c2ccc2c4ccc(-c5nc6ccccc6o5)c(C(C)(C)C)c4ccc32)cc(C(C)C)c1. The van der Waals surface area contributed by atoms with Gasteiger partial charge in [-0.2, -0.15) is 0 Å². The molecule has 7 rings (SSSR count). The molecule has 0 atom stereocenters. The monoisotopic (exact) mass is 562 g/mol.